The molecule has 3 N–H and O–H groups in total. The fraction of sp³-hybridized carbons (Fsp3) is 0.294. The van der Waals surface area contributed by atoms with Crippen LogP contribution in [0.15, 0.2) is 42.5 Å². The van der Waals surface area contributed by atoms with E-state index in [9.17, 15) is 0 Å². The van der Waals surface area contributed by atoms with Gasteiger partial charge in [-0.1, -0.05) is 24.3 Å². The first kappa shape index (κ1) is 15.2. The number of anilines is 3. The number of methoxy groups -OCH3 is 1. The largest absolute Gasteiger partial charge is 0.489 e. The van der Waals surface area contributed by atoms with Crippen molar-refractivity contribution in [2.24, 2.45) is 0 Å². The van der Waals surface area contributed by atoms with Crippen LogP contribution in [0.2, 0.25) is 0 Å². The highest BCUT2D eigenvalue weighted by atomic mass is 16.5. The van der Waals surface area contributed by atoms with Gasteiger partial charge in [-0.05, 0) is 32.0 Å². The second-order valence-electron chi connectivity index (χ2n) is 5.10. The fourth-order valence-electron chi connectivity index (χ4n) is 2.08. The smallest absolute Gasteiger partial charge is 0.144 e. The standard InChI is InChI=1S/C17H22N2O2/c1-12(2)21-16-10-6-9-15(17(16)18)19-14-8-5-4-7-13(14)11-20-3/h4-10,12,19H,11,18H2,1-3H3. The van der Waals surface area contributed by atoms with Crippen LogP contribution in [0.3, 0.4) is 0 Å². The van der Waals surface area contributed by atoms with Crippen molar-refractivity contribution in [3.05, 3.63) is 48.0 Å². The van der Waals surface area contributed by atoms with Crippen molar-refractivity contribution >= 4 is 17.1 Å². The van der Waals surface area contributed by atoms with Crippen molar-refractivity contribution in [1.29, 1.82) is 0 Å². The van der Waals surface area contributed by atoms with E-state index in [1.165, 1.54) is 0 Å². The van der Waals surface area contributed by atoms with Gasteiger partial charge >= 0.3 is 0 Å². The molecule has 0 aliphatic carbocycles. The Balaban J connectivity index is 2.28. The lowest BCUT2D eigenvalue weighted by atomic mass is 10.1. The molecule has 0 bridgehead atoms. The third kappa shape index (κ3) is 3.89. The number of hydrogen-bond acceptors (Lipinski definition) is 4. The zero-order valence-electron chi connectivity index (χ0n) is 12.7. The number of rotatable bonds is 6. The van der Waals surface area contributed by atoms with E-state index in [2.05, 4.69) is 5.32 Å². The summed E-state index contributed by atoms with van der Waals surface area (Å²) in [5.74, 6) is 0.694. The van der Waals surface area contributed by atoms with E-state index in [0.29, 0.717) is 18.0 Å². The minimum absolute atomic E-state index is 0.0864. The van der Waals surface area contributed by atoms with Crippen LogP contribution in [0.25, 0.3) is 0 Å². The van der Waals surface area contributed by atoms with Gasteiger partial charge in [0.1, 0.15) is 5.75 Å². The first-order valence-corrected chi connectivity index (χ1v) is 7.01. The predicted molar refractivity (Wildman–Crippen MR) is 87.1 cm³/mol. The van der Waals surface area contributed by atoms with Gasteiger partial charge in [-0.15, -0.1) is 0 Å². The topological polar surface area (TPSA) is 56.5 Å². The summed E-state index contributed by atoms with van der Waals surface area (Å²) < 4.78 is 10.9. The van der Waals surface area contributed by atoms with Gasteiger partial charge in [0.2, 0.25) is 0 Å². The number of nitrogens with one attached hydrogen (secondary N) is 1. The van der Waals surface area contributed by atoms with E-state index in [0.717, 1.165) is 16.9 Å². The van der Waals surface area contributed by atoms with Gasteiger partial charge in [0, 0.05) is 18.4 Å². The summed E-state index contributed by atoms with van der Waals surface area (Å²) >= 11 is 0. The van der Waals surface area contributed by atoms with Gasteiger partial charge < -0.3 is 20.5 Å². The van der Waals surface area contributed by atoms with Crippen LogP contribution in [0.5, 0.6) is 5.75 Å². The molecule has 0 fully saturated rings. The Morgan fingerprint density at radius 3 is 2.48 bits per heavy atom. The number of benzene rings is 2. The quantitative estimate of drug-likeness (QED) is 0.790. The van der Waals surface area contributed by atoms with Gasteiger partial charge in [-0.3, -0.25) is 0 Å². The highest BCUT2D eigenvalue weighted by molar-refractivity contribution is 5.78. The molecule has 0 saturated heterocycles. The Hall–Kier alpha value is -2.20. The molecule has 2 aromatic carbocycles. The van der Waals surface area contributed by atoms with Crippen molar-refractivity contribution in [3.8, 4) is 5.75 Å². The molecule has 0 spiro atoms. The maximum atomic E-state index is 6.18. The lowest BCUT2D eigenvalue weighted by Gasteiger charge is -2.17. The molecular weight excluding hydrogens is 264 g/mol. The third-order valence-corrected chi connectivity index (χ3v) is 3.02. The zero-order valence-corrected chi connectivity index (χ0v) is 12.7. The monoisotopic (exact) mass is 286 g/mol. The average Bonchev–Trinajstić information content (AvgIpc) is 2.45. The second-order valence-corrected chi connectivity index (χ2v) is 5.10. The first-order chi connectivity index (χ1) is 10.1. The number of para-hydroxylation sites is 2. The average molecular weight is 286 g/mol. The van der Waals surface area contributed by atoms with E-state index in [1.54, 1.807) is 7.11 Å². The van der Waals surface area contributed by atoms with Crippen LogP contribution >= 0.6 is 0 Å². The summed E-state index contributed by atoms with van der Waals surface area (Å²) in [5, 5.41) is 3.35. The van der Waals surface area contributed by atoms with Crippen LogP contribution in [-0.2, 0) is 11.3 Å². The number of nitrogen functional groups attached to an aromatic ring is 1. The van der Waals surface area contributed by atoms with Crippen LogP contribution in [0, 0.1) is 0 Å². The van der Waals surface area contributed by atoms with Crippen molar-refractivity contribution in [3.63, 3.8) is 0 Å². The van der Waals surface area contributed by atoms with Crippen molar-refractivity contribution in [1.82, 2.24) is 0 Å². The van der Waals surface area contributed by atoms with Gasteiger partial charge in [-0.25, -0.2) is 0 Å². The predicted octanol–water partition coefficient (Wildman–Crippen LogP) is 3.95. The summed E-state index contributed by atoms with van der Waals surface area (Å²) in [5.41, 5.74) is 9.68. The molecule has 2 aromatic rings. The first-order valence-electron chi connectivity index (χ1n) is 7.01. The molecule has 112 valence electrons. The van der Waals surface area contributed by atoms with E-state index >= 15 is 0 Å². The van der Waals surface area contributed by atoms with E-state index in [4.69, 9.17) is 15.2 Å². The van der Waals surface area contributed by atoms with E-state index in [1.807, 2.05) is 56.3 Å². The Labute approximate surface area is 125 Å². The van der Waals surface area contributed by atoms with E-state index in [-0.39, 0.29) is 6.10 Å². The lowest BCUT2D eigenvalue weighted by molar-refractivity contribution is 0.185. The van der Waals surface area contributed by atoms with E-state index < -0.39 is 0 Å². The van der Waals surface area contributed by atoms with Crippen molar-refractivity contribution in [2.75, 3.05) is 18.2 Å². The van der Waals surface area contributed by atoms with Gasteiger partial charge in [-0.2, -0.15) is 0 Å². The highest BCUT2D eigenvalue weighted by Crippen LogP contribution is 2.33. The van der Waals surface area contributed by atoms with Gasteiger partial charge in [0.15, 0.2) is 0 Å². The normalized spacial score (nSPS) is 10.7. The maximum Gasteiger partial charge on any atom is 0.144 e. The molecule has 0 amide bonds. The van der Waals surface area contributed by atoms with Gasteiger partial charge in [0.05, 0.1) is 24.1 Å². The molecular formula is C17H22N2O2. The fourth-order valence-corrected chi connectivity index (χ4v) is 2.08. The number of nitrogens with two attached hydrogens (primary N) is 1. The highest BCUT2D eigenvalue weighted by Gasteiger charge is 2.09. The third-order valence-electron chi connectivity index (χ3n) is 3.02. The van der Waals surface area contributed by atoms with Crippen molar-refractivity contribution < 1.29 is 9.47 Å². The van der Waals surface area contributed by atoms with Crippen LogP contribution in [0.1, 0.15) is 19.4 Å². The SMILES string of the molecule is COCc1ccccc1Nc1cccc(OC(C)C)c1N. The molecule has 4 nitrogen and oxygen atoms in total. The summed E-state index contributed by atoms with van der Waals surface area (Å²) in [6.45, 7) is 4.51. The molecule has 0 atom stereocenters. The Morgan fingerprint density at radius 2 is 1.76 bits per heavy atom. The Bertz CT molecular complexity index is 597. The summed E-state index contributed by atoms with van der Waals surface area (Å²) in [4.78, 5) is 0. The molecule has 0 unspecified atom stereocenters. The number of hydrogen-bond donors (Lipinski definition) is 2. The molecule has 0 saturated carbocycles. The summed E-state index contributed by atoms with van der Waals surface area (Å²) in [6.07, 6.45) is 0.0864. The zero-order chi connectivity index (χ0) is 15.2. The number of ether oxygens (including phenoxy) is 2. The molecule has 2 rings (SSSR count). The van der Waals surface area contributed by atoms with Crippen LogP contribution < -0.4 is 15.8 Å². The minimum Gasteiger partial charge on any atom is -0.489 e. The Morgan fingerprint density at radius 1 is 1.05 bits per heavy atom. The van der Waals surface area contributed by atoms with Crippen molar-refractivity contribution in [2.45, 2.75) is 26.6 Å². The van der Waals surface area contributed by atoms with Crippen LogP contribution in [-0.4, -0.2) is 13.2 Å². The van der Waals surface area contributed by atoms with Crippen LogP contribution in [0.4, 0.5) is 17.1 Å². The summed E-state index contributed by atoms with van der Waals surface area (Å²) in [7, 11) is 1.68. The maximum absolute atomic E-state index is 6.18. The molecule has 4 heteroatoms. The van der Waals surface area contributed by atoms with Gasteiger partial charge in [0.25, 0.3) is 0 Å². The molecule has 0 aliphatic heterocycles. The molecule has 0 aromatic heterocycles. The lowest BCUT2D eigenvalue weighted by Crippen LogP contribution is -2.08. The molecule has 0 radical (unpaired) electrons. The minimum atomic E-state index is 0.0864. The summed E-state index contributed by atoms with van der Waals surface area (Å²) in [6, 6.07) is 13.7. The Kier molecular flexibility index (Phi) is 5.06. The molecule has 0 heterocycles. The molecule has 0 aliphatic rings. The molecule has 21 heavy (non-hydrogen) atoms. The second kappa shape index (κ2) is 6.99.